The zero-order valence-corrected chi connectivity index (χ0v) is 25.7. The van der Waals surface area contributed by atoms with E-state index in [9.17, 15) is 14.4 Å². The number of anilines is 1. The molecule has 1 N–H and O–H groups in total. The fraction of sp³-hybridized carbons (Fsp3) is 0.0938. The van der Waals surface area contributed by atoms with E-state index in [0.717, 1.165) is 20.5 Å². The highest BCUT2D eigenvalue weighted by Crippen LogP contribution is 2.30. The van der Waals surface area contributed by atoms with Crippen molar-refractivity contribution in [2.24, 2.45) is 0 Å². The summed E-state index contributed by atoms with van der Waals surface area (Å²) in [4.78, 5) is 40.0. The van der Waals surface area contributed by atoms with Crippen LogP contribution < -0.4 is 24.4 Å². The van der Waals surface area contributed by atoms with E-state index in [2.05, 4.69) is 21.2 Å². The molecule has 0 spiro atoms. The van der Waals surface area contributed by atoms with E-state index in [1.54, 1.807) is 60.7 Å². The van der Waals surface area contributed by atoms with Gasteiger partial charge in [-0.15, -0.1) is 0 Å². The second kappa shape index (κ2) is 13.3. The van der Waals surface area contributed by atoms with Gasteiger partial charge in [0.2, 0.25) is 0 Å². The minimum absolute atomic E-state index is 0.188. The minimum Gasteiger partial charge on any atom is -0.497 e. The molecular weight excluding hydrogens is 659 g/mol. The van der Waals surface area contributed by atoms with Crippen molar-refractivity contribution in [1.29, 1.82) is 0 Å². The lowest BCUT2D eigenvalue weighted by Crippen LogP contribution is -2.54. The van der Waals surface area contributed by atoms with Crippen LogP contribution in [0.5, 0.6) is 17.2 Å². The van der Waals surface area contributed by atoms with Crippen molar-refractivity contribution in [3.63, 3.8) is 0 Å². The lowest BCUT2D eigenvalue weighted by molar-refractivity contribution is -0.122. The van der Waals surface area contributed by atoms with Crippen LogP contribution in [0.2, 0.25) is 10.0 Å². The third kappa shape index (κ3) is 7.19. The van der Waals surface area contributed by atoms with Gasteiger partial charge in [-0.2, -0.15) is 0 Å². The number of halogens is 3. The largest absolute Gasteiger partial charge is 0.497 e. The number of barbiturate groups is 1. The molecule has 0 aromatic heterocycles. The molecular formula is C32H23BrCl2N2O6. The maximum atomic E-state index is 13.5. The van der Waals surface area contributed by atoms with Gasteiger partial charge in [0, 0.05) is 31.7 Å². The molecule has 0 saturated carbocycles. The van der Waals surface area contributed by atoms with Crippen molar-refractivity contribution in [2.75, 3.05) is 12.0 Å². The van der Waals surface area contributed by atoms with Crippen LogP contribution in [-0.4, -0.2) is 25.0 Å². The first-order valence-corrected chi connectivity index (χ1v) is 14.4. The Morgan fingerprint density at radius 3 is 2.26 bits per heavy atom. The Morgan fingerprint density at radius 2 is 1.56 bits per heavy atom. The van der Waals surface area contributed by atoms with Crippen LogP contribution in [0.1, 0.15) is 16.7 Å². The molecule has 43 heavy (non-hydrogen) atoms. The summed E-state index contributed by atoms with van der Waals surface area (Å²) in [6.07, 6.45) is 1.39. The number of nitrogens with one attached hydrogen (secondary N) is 1. The molecule has 0 aliphatic carbocycles. The maximum Gasteiger partial charge on any atom is 0.335 e. The third-order valence-electron chi connectivity index (χ3n) is 6.43. The minimum atomic E-state index is -0.866. The van der Waals surface area contributed by atoms with Crippen molar-refractivity contribution in [2.45, 2.75) is 13.2 Å². The molecule has 4 aromatic carbocycles. The summed E-state index contributed by atoms with van der Waals surface area (Å²) < 4.78 is 18.1. The van der Waals surface area contributed by atoms with Crippen molar-refractivity contribution in [1.82, 2.24) is 5.32 Å². The van der Waals surface area contributed by atoms with Crippen molar-refractivity contribution in [3.8, 4) is 17.2 Å². The fourth-order valence-electron chi connectivity index (χ4n) is 4.17. The molecule has 0 atom stereocenters. The molecule has 1 heterocycles. The van der Waals surface area contributed by atoms with Crippen LogP contribution in [0, 0.1) is 0 Å². The van der Waals surface area contributed by atoms with Crippen molar-refractivity contribution in [3.05, 3.63) is 122 Å². The van der Waals surface area contributed by atoms with Crippen LogP contribution in [0.3, 0.4) is 0 Å². The second-order valence-corrected chi connectivity index (χ2v) is 11.1. The van der Waals surface area contributed by atoms with Gasteiger partial charge in [-0.25, -0.2) is 9.69 Å². The SMILES string of the molecule is COc1ccc(/C=C2\C(=O)NC(=O)N(c3ccc(OCc4ccc(Cl)cc4Cl)cc3)C2=O)c(OCc2ccc(Br)cc2)c1. The quantitative estimate of drug-likeness (QED) is 0.145. The summed E-state index contributed by atoms with van der Waals surface area (Å²) in [5.74, 6) is -0.200. The number of amides is 4. The fourth-order valence-corrected chi connectivity index (χ4v) is 4.89. The number of hydrogen-bond acceptors (Lipinski definition) is 6. The number of carbonyl (C=O) groups is 3. The first-order chi connectivity index (χ1) is 20.7. The summed E-state index contributed by atoms with van der Waals surface area (Å²) in [5.41, 5.74) is 2.12. The number of carbonyl (C=O) groups excluding carboxylic acids is 3. The number of imide groups is 2. The van der Waals surface area contributed by atoms with E-state index in [1.807, 2.05) is 24.3 Å². The van der Waals surface area contributed by atoms with Crippen molar-refractivity contribution >= 4 is 68.7 Å². The summed E-state index contributed by atoms with van der Waals surface area (Å²) in [5, 5.41) is 3.23. The van der Waals surface area contributed by atoms with E-state index in [0.29, 0.717) is 32.9 Å². The Labute approximate surface area is 265 Å². The van der Waals surface area contributed by atoms with Gasteiger partial charge in [-0.05, 0) is 72.3 Å². The Hall–Kier alpha value is -4.31. The summed E-state index contributed by atoms with van der Waals surface area (Å²) in [6.45, 7) is 0.425. The Kier molecular flexibility index (Phi) is 9.35. The lowest BCUT2D eigenvalue weighted by Gasteiger charge is -2.26. The molecule has 1 saturated heterocycles. The number of benzene rings is 4. The molecule has 0 unspecified atom stereocenters. The summed E-state index contributed by atoms with van der Waals surface area (Å²) >= 11 is 15.6. The topological polar surface area (TPSA) is 94.2 Å². The Morgan fingerprint density at radius 1 is 0.837 bits per heavy atom. The third-order valence-corrected chi connectivity index (χ3v) is 7.55. The predicted molar refractivity (Wildman–Crippen MR) is 168 cm³/mol. The number of urea groups is 1. The highest BCUT2D eigenvalue weighted by Gasteiger charge is 2.37. The van der Waals surface area contributed by atoms with Gasteiger partial charge < -0.3 is 14.2 Å². The molecule has 4 amide bonds. The molecule has 8 nitrogen and oxygen atoms in total. The number of rotatable bonds is 9. The van der Waals surface area contributed by atoms with Crippen molar-refractivity contribution < 1.29 is 28.6 Å². The average molecular weight is 682 g/mol. The van der Waals surface area contributed by atoms with Crippen LogP contribution >= 0.6 is 39.1 Å². The lowest BCUT2D eigenvalue weighted by atomic mass is 10.1. The number of nitrogens with zero attached hydrogens (tertiary/aromatic N) is 1. The van der Waals surface area contributed by atoms with Gasteiger partial charge in [-0.3, -0.25) is 14.9 Å². The molecule has 1 fully saturated rings. The van der Waals surface area contributed by atoms with Gasteiger partial charge in [0.25, 0.3) is 11.8 Å². The van der Waals surface area contributed by atoms with Gasteiger partial charge in [0.1, 0.15) is 36.0 Å². The molecule has 0 bridgehead atoms. The van der Waals surface area contributed by atoms with Gasteiger partial charge in [0.05, 0.1) is 12.8 Å². The van der Waals surface area contributed by atoms with E-state index in [-0.39, 0.29) is 24.5 Å². The monoisotopic (exact) mass is 680 g/mol. The molecule has 4 aromatic rings. The molecule has 1 aliphatic heterocycles. The van der Waals surface area contributed by atoms with Gasteiger partial charge in [-0.1, -0.05) is 57.3 Å². The van der Waals surface area contributed by atoms with Crippen LogP contribution in [0.4, 0.5) is 10.5 Å². The van der Waals surface area contributed by atoms with Crippen LogP contribution in [0.15, 0.2) is 95.0 Å². The predicted octanol–water partition coefficient (Wildman–Crippen LogP) is 7.59. The summed E-state index contributed by atoms with van der Waals surface area (Å²) in [6, 6.07) is 23.2. The Bertz CT molecular complexity index is 1730. The number of methoxy groups -OCH3 is 1. The van der Waals surface area contributed by atoms with E-state index in [4.69, 9.17) is 37.4 Å². The van der Waals surface area contributed by atoms with E-state index < -0.39 is 17.8 Å². The molecule has 11 heteroatoms. The summed E-state index contributed by atoms with van der Waals surface area (Å²) in [7, 11) is 1.52. The van der Waals surface area contributed by atoms with Gasteiger partial charge >= 0.3 is 6.03 Å². The maximum absolute atomic E-state index is 13.5. The Balaban J connectivity index is 1.36. The molecule has 0 radical (unpaired) electrons. The highest BCUT2D eigenvalue weighted by atomic mass is 79.9. The zero-order valence-electron chi connectivity index (χ0n) is 22.6. The normalized spacial score (nSPS) is 14.1. The van der Waals surface area contributed by atoms with Gasteiger partial charge in [0.15, 0.2) is 0 Å². The number of hydrogen-bond donors (Lipinski definition) is 1. The molecule has 1 aliphatic rings. The highest BCUT2D eigenvalue weighted by molar-refractivity contribution is 9.10. The van der Waals surface area contributed by atoms with E-state index >= 15 is 0 Å². The zero-order chi connectivity index (χ0) is 30.5. The average Bonchev–Trinajstić information content (AvgIpc) is 2.99. The first kappa shape index (κ1) is 30.2. The standard InChI is InChI=1S/C32H23BrCl2N2O6/c1-41-26-11-5-20(29(16-26)43-17-19-2-6-22(33)7-3-19)14-27-30(38)36-32(40)37(31(27)39)24-9-12-25(13-10-24)42-18-21-4-8-23(34)15-28(21)35/h2-16H,17-18H2,1H3,(H,36,38,40)/b27-14+. The molecule has 5 rings (SSSR count). The second-order valence-electron chi connectivity index (χ2n) is 9.30. The number of ether oxygens (including phenoxy) is 3. The molecule has 218 valence electrons. The first-order valence-electron chi connectivity index (χ1n) is 12.9. The van der Waals surface area contributed by atoms with Crippen LogP contribution in [-0.2, 0) is 22.8 Å². The smallest absolute Gasteiger partial charge is 0.335 e. The van der Waals surface area contributed by atoms with Crippen LogP contribution in [0.25, 0.3) is 6.08 Å². The van der Waals surface area contributed by atoms with E-state index in [1.165, 1.54) is 13.2 Å².